The molecule has 3 rings (SSSR count). The van der Waals surface area contributed by atoms with Gasteiger partial charge in [-0.15, -0.1) is 0 Å². The molecule has 1 N–H and O–H groups in total. The summed E-state index contributed by atoms with van der Waals surface area (Å²) in [7, 11) is -3.72. The molecule has 0 radical (unpaired) electrons. The van der Waals surface area contributed by atoms with E-state index >= 15 is 0 Å². The fourth-order valence-electron chi connectivity index (χ4n) is 2.87. The number of aryl methyl sites for hydroxylation is 1. The maximum absolute atomic E-state index is 13.5. The Kier molecular flexibility index (Phi) is 4.44. The minimum atomic E-state index is -3.72. The number of H-pyrrole nitrogens is 1. The number of nitrogens with one attached hydrogen (secondary N) is 1. The SMILES string of the molecule is Cc1cc(S(=O)(=O)N2CCC(c3ccn[nH]3)CC2)c(Cl)cc1F. The molecule has 1 aliphatic rings. The lowest BCUT2D eigenvalue weighted by Gasteiger charge is -2.31. The van der Waals surface area contributed by atoms with Gasteiger partial charge in [-0.25, -0.2) is 12.8 Å². The molecule has 1 fully saturated rings. The zero-order valence-electron chi connectivity index (χ0n) is 12.6. The van der Waals surface area contributed by atoms with Crippen molar-refractivity contribution in [2.24, 2.45) is 0 Å². The molecule has 1 aliphatic heterocycles. The Morgan fingerprint density at radius 2 is 2.04 bits per heavy atom. The summed E-state index contributed by atoms with van der Waals surface area (Å²) in [6, 6.07) is 4.27. The van der Waals surface area contributed by atoms with E-state index in [0.29, 0.717) is 25.9 Å². The molecule has 1 aromatic carbocycles. The summed E-state index contributed by atoms with van der Waals surface area (Å²) < 4.78 is 40.4. The van der Waals surface area contributed by atoms with E-state index in [1.807, 2.05) is 6.07 Å². The Hall–Kier alpha value is -1.44. The molecule has 0 aliphatic carbocycles. The van der Waals surface area contributed by atoms with E-state index in [9.17, 15) is 12.8 Å². The molecule has 8 heteroatoms. The molecule has 5 nitrogen and oxygen atoms in total. The Balaban J connectivity index is 1.81. The molecular weight excluding hydrogens is 341 g/mol. The van der Waals surface area contributed by atoms with Crippen LogP contribution in [0.15, 0.2) is 29.3 Å². The molecule has 2 aromatic rings. The highest BCUT2D eigenvalue weighted by molar-refractivity contribution is 7.89. The first kappa shape index (κ1) is 16.4. The smallest absolute Gasteiger partial charge is 0.244 e. The summed E-state index contributed by atoms with van der Waals surface area (Å²) in [4.78, 5) is -0.0296. The van der Waals surface area contributed by atoms with Gasteiger partial charge in [-0.05, 0) is 43.5 Å². The third-order valence-electron chi connectivity index (χ3n) is 4.25. The first-order valence-corrected chi connectivity index (χ1v) is 9.16. The predicted octanol–water partition coefficient (Wildman–Crippen LogP) is 3.08. The van der Waals surface area contributed by atoms with Crippen LogP contribution in [0.1, 0.15) is 30.0 Å². The number of hydrogen-bond donors (Lipinski definition) is 1. The summed E-state index contributed by atoms with van der Waals surface area (Å²) in [5.74, 6) is -0.235. The van der Waals surface area contributed by atoms with Gasteiger partial charge in [0.15, 0.2) is 0 Å². The number of halogens is 2. The van der Waals surface area contributed by atoms with Crippen molar-refractivity contribution in [2.75, 3.05) is 13.1 Å². The average Bonchev–Trinajstić information content (AvgIpc) is 3.05. The quantitative estimate of drug-likeness (QED) is 0.918. The van der Waals surface area contributed by atoms with Crippen molar-refractivity contribution < 1.29 is 12.8 Å². The average molecular weight is 358 g/mol. The Bertz CT molecular complexity index is 800. The van der Waals surface area contributed by atoms with Gasteiger partial charge in [-0.3, -0.25) is 5.10 Å². The summed E-state index contributed by atoms with van der Waals surface area (Å²) in [6.45, 7) is 2.33. The van der Waals surface area contributed by atoms with Crippen molar-refractivity contribution in [1.29, 1.82) is 0 Å². The van der Waals surface area contributed by atoms with Gasteiger partial charge in [0.25, 0.3) is 0 Å². The van der Waals surface area contributed by atoms with Crippen molar-refractivity contribution in [2.45, 2.75) is 30.6 Å². The molecule has 0 saturated carbocycles. The van der Waals surface area contributed by atoms with Gasteiger partial charge in [-0.1, -0.05) is 11.6 Å². The second kappa shape index (κ2) is 6.22. The molecule has 2 heterocycles. The molecule has 1 aromatic heterocycles. The third-order valence-corrected chi connectivity index (χ3v) is 6.61. The molecular formula is C15H17ClFN3O2S. The van der Waals surface area contributed by atoms with Gasteiger partial charge in [-0.2, -0.15) is 9.40 Å². The van der Waals surface area contributed by atoms with Crippen LogP contribution in [0.4, 0.5) is 4.39 Å². The summed E-state index contributed by atoms with van der Waals surface area (Å²) in [5, 5.41) is 6.79. The Morgan fingerprint density at radius 3 is 2.65 bits per heavy atom. The van der Waals surface area contributed by atoms with E-state index in [2.05, 4.69) is 10.2 Å². The molecule has 0 bridgehead atoms. The van der Waals surface area contributed by atoms with Crippen LogP contribution in [0.2, 0.25) is 5.02 Å². The van der Waals surface area contributed by atoms with E-state index in [4.69, 9.17) is 11.6 Å². The minimum Gasteiger partial charge on any atom is -0.282 e. The van der Waals surface area contributed by atoms with E-state index < -0.39 is 15.8 Å². The lowest BCUT2D eigenvalue weighted by Crippen LogP contribution is -2.38. The van der Waals surface area contributed by atoms with E-state index in [-0.39, 0.29) is 21.4 Å². The second-order valence-corrected chi connectivity index (χ2v) is 8.04. The molecule has 1 saturated heterocycles. The maximum Gasteiger partial charge on any atom is 0.244 e. The van der Waals surface area contributed by atoms with Gasteiger partial charge in [0, 0.05) is 30.9 Å². The topological polar surface area (TPSA) is 66.1 Å². The van der Waals surface area contributed by atoms with Crippen LogP contribution < -0.4 is 0 Å². The van der Waals surface area contributed by atoms with Crippen molar-refractivity contribution in [3.8, 4) is 0 Å². The number of aromatic nitrogens is 2. The van der Waals surface area contributed by atoms with E-state index in [1.165, 1.54) is 17.3 Å². The van der Waals surface area contributed by atoms with Crippen molar-refractivity contribution >= 4 is 21.6 Å². The number of rotatable bonds is 3. The van der Waals surface area contributed by atoms with Gasteiger partial charge in [0.05, 0.1) is 5.02 Å². The van der Waals surface area contributed by atoms with Gasteiger partial charge < -0.3 is 0 Å². The molecule has 0 spiro atoms. The van der Waals surface area contributed by atoms with Crippen LogP contribution in [0, 0.1) is 12.7 Å². The van der Waals surface area contributed by atoms with Crippen molar-refractivity contribution in [1.82, 2.24) is 14.5 Å². The normalized spacial score (nSPS) is 17.5. The number of piperidine rings is 1. The van der Waals surface area contributed by atoms with Crippen LogP contribution >= 0.6 is 11.6 Å². The molecule has 23 heavy (non-hydrogen) atoms. The van der Waals surface area contributed by atoms with Crippen molar-refractivity contribution in [3.05, 3.63) is 46.5 Å². The van der Waals surface area contributed by atoms with Gasteiger partial charge >= 0.3 is 0 Å². The largest absolute Gasteiger partial charge is 0.282 e. The maximum atomic E-state index is 13.5. The van der Waals surface area contributed by atoms with E-state index in [0.717, 1.165) is 11.8 Å². The molecule has 0 atom stereocenters. The highest BCUT2D eigenvalue weighted by Gasteiger charge is 2.32. The van der Waals surface area contributed by atoms with E-state index in [1.54, 1.807) is 6.20 Å². The van der Waals surface area contributed by atoms with Crippen LogP contribution in [-0.2, 0) is 10.0 Å². The predicted molar refractivity (Wildman–Crippen MR) is 85.5 cm³/mol. The standard InChI is InChI=1S/C15H17ClFN3O2S/c1-10-8-15(12(16)9-13(10)17)23(21,22)20-6-3-11(4-7-20)14-2-5-18-19-14/h2,5,8-9,11H,3-4,6-7H2,1H3,(H,18,19). The first-order valence-electron chi connectivity index (χ1n) is 7.34. The number of hydrogen-bond acceptors (Lipinski definition) is 3. The van der Waals surface area contributed by atoms with Crippen LogP contribution in [0.25, 0.3) is 0 Å². The second-order valence-electron chi connectivity index (χ2n) is 5.72. The van der Waals surface area contributed by atoms with Crippen LogP contribution in [-0.4, -0.2) is 36.0 Å². The number of nitrogens with zero attached hydrogens (tertiary/aromatic N) is 2. The Morgan fingerprint density at radius 1 is 1.35 bits per heavy atom. The zero-order chi connectivity index (χ0) is 16.6. The minimum absolute atomic E-state index is 0.0296. The highest BCUT2D eigenvalue weighted by Crippen LogP contribution is 2.32. The number of sulfonamides is 1. The molecule has 0 amide bonds. The first-order chi connectivity index (χ1) is 10.9. The summed E-state index contributed by atoms with van der Waals surface area (Å²) >= 11 is 5.96. The van der Waals surface area contributed by atoms with Gasteiger partial charge in [0.2, 0.25) is 10.0 Å². The van der Waals surface area contributed by atoms with Gasteiger partial charge in [0.1, 0.15) is 10.7 Å². The third kappa shape index (κ3) is 3.13. The highest BCUT2D eigenvalue weighted by atomic mass is 35.5. The lowest BCUT2D eigenvalue weighted by atomic mass is 9.95. The zero-order valence-corrected chi connectivity index (χ0v) is 14.2. The van der Waals surface area contributed by atoms with Crippen LogP contribution in [0.5, 0.6) is 0 Å². The fraction of sp³-hybridized carbons (Fsp3) is 0.400. The van der Waals surface area contributed by atoms with Crippen molar-refractivity contribution in [3.63, 3.8) is 0 Å². The number of benzene rings is 1. The lowest BCUT2D eigenvalue weighted by molar-refractivity contribution is 0.316. The molecule has 0 unspecified atom stereocenters. The van der Waals surface area contributed by atoms with Crippen LogP contribution in [0.3, 0.4) is 0 Å². The monoisotopic (exact) mass is 357 g/mol. The Labute approximate surface area is 139 Å². The number of aromatic amines is 1. The summed E-state index contributed by atoms with van der Waals surface area (Å²) in [5.41, 5.74) is 1.29. The fourth-order valence-corrected chi connectivity index (χ4v) is 4.91. The summed E-state index contributed by atoms with van der Waals surface area (Å²) in [6.07, 6.45) is 3.11. The molecule has 124 valence electrons.